The van der Waals surface area contributed by atoms with Crippen LogP contribution in [0.3, 0.4) is 0 Å². The van der Waals surface area contributed by atoms with Gasteiger partial charge in [-0.15, -0.1) is 0 Å². The van der Waals surface area contributed by atoms with Gasteiger partial charge in [0.25, 0.3) is 5.91 Å². The number of benzene rings is 1. The van der Waals surface area contributed by atoms with Crippen LogP contribution in [0.15, 0.2) is 18.2 Å². The Morgan fingerprint density at radius 1 is 1.38 bits per heavy atom. The van der Waals surface area contributed by atoms with Crippen LogP contribution < -0.4 is 15.4 Å². The standard InChI is InChI=1S/C18H24FN3O4/c1-11(12-7-8-14(26-4)13(19)10-12)20-15(23)6-5-9-22-16(24)18(2,3)21-17(22)25/h7-8,10-11H,5-6,9H2,1-4H3,(H,20,23)(H,21,25). The summed E-state index contributed by atoms with van der Waals surface area (Å²) in [7, 11) is 1.38. The normalized spacial score (nSPS) is 17.0. The Hall–Kier alpha value is -2.64. The molecule has 2 rings (SSSR count). The van der Waals surface area contributed by atoms with Gasteiger partial charge in [-0.2, -0.15) is 0 Å². The number of hydrogen-bond donors (Lipinski definition) is 2. The van der Waals surface area contributed by atoms with Crippen LogP contribution in [0.4, 0.5) is 9.18 Å². The van der Waals surface area contributed by atoms with Gasteiger partial charge in [-0.05, 0) is 44.9 Å². The van der Waals surface area contributed by atoms with Crippen molar-refractivity contribution in [1.82, 2.24) is 15.5 Å². The summed E-state index contributed by atoms with van der Waals surface area (Å²) in [6.07, 6.45) is 0.505. The Balaban J connectivity index is 1.83. The number of halogens is 1. The van der Waals surface area contributed by atoms with Crippen LogP contribution in [0.5, 0.6) is 5.75 Å². The van der Waals surface area contributed by atoms with Gasteiger partial charge in [0.05, 0.1) is 13.2 Å². The fourth-order valence-electron chi connectivity index (χ4n) is 2.77. The van der Waals surface area contributed by atoms with E-state index in [2.05, 4.69) is 10.6 Å². The lowest BCUT2D eigenvalue weighted by Gasteiger charge is -2.17. The number of hydrogen-bond acceptors (Lipinski definition) is 4. The lowest BCUT2D eigenvalue weighted by molar-refractivity contribution is -0.130. The van der Waals surface area contributed by atoms with E-state index in [1.165, 1.54) is 19.2 Å². The average Bonchev–Trinajstić information content (AvgIpc) is 2.76. The summed E-state index contributed by atoms with van der Waals surface area (Å²) in [6.45, 7) is 5.19. The molecule has 1 aliphatic heterocycles. The lowest BCUT2D eigenvalue weighted by atomic mass is 10.1. The van der Waals surface area contributed by atoms with Crippen molar-refractivity contribution in [1.29, 1.82) is 0 Å². The number of nitrogens with zero attached hydrogens (tertiary/aromatic N) is 1. The molecule has 1 fully saturated rings. The summed E-state index contributed by atoms with van der Waals surface area (Å²) >= 11 is 0. The van der Waals surface area contributed by atoms with Crippen molar-refractivity contribution in [2.75, 3.05) is 13.7 Å². The molecule has 0 bridgehead atoms. The van der Waals surface area contributed by atoms with Gasteiger partial charge in [0.1, 0.15) is 5.54 Å². The molecule has 1 aromatic carbocycles. The van der Waals surface area contributed by atoms with E-state index in [0.29, 0.717) is 12.0 Å². The summed E-state index contributed by atoms with van der Waals surface area (Å²) in [5.41, 5.74) is -0.292. The minimum absolute atomic E-state index is 0.142. The van der Waals surface area contributed by atoms with Crippen molar-refractivity contribution >= 4 is 17.8 Å². The van der Waals surface area contributed by atoms with Gasteiger partial charge in [-0.25, -0.2) is 9.18 Å². The van der Waals surface area contributed by atoms with E-state index >= 15 is 0 Å². The van der Waals surface area contributed by atoms with E-state index in [1.807, 2.05) is 0 Å². The number of rotatable bonds is 7. The molecule has 1 heterocycles. The van der Waals surface area contributed by atoms with Crippen LogP contribution in [0.1, 0.15) is 45.2 Å². The number of ether oxygens (including phenoxy) is 1. The molecular weight excluding hydrogens is 341 g/mol. The molecule has 0 spiro atoms. The maximum atomic E-state index is 13.7. The van der Waals surface area contributed by atoms with Gasteiger partial charge in [0, 0.05) is 13.0 Å². The molecule has 7 nitrogen and oxygen atoms in total. The molecule has 8 heteroatoms. The van der Waals surface area contributed by atoms with Crippen LogP contribution in [0, 0.1) is 5.82 Å². The highest BCUT2D eigenvalue weighted by atomic mass is 19.1. The fourth-order valence-corrected chi connectivity index (χ4v) is 2.77. The van der Waals surface area contributed by atoms with E-state index in [0.717, 1.165) is 4.90 Å². The van der Waals surface area contributed by atoms with Crippen LogP contribution in [-0.2, 0) is 9.59 Å². The quantitative estimate of drug-likeness (QED) is 0.725. The number of nitrogens with one attached hydrogen (secondary N) is 2. The molecule has 26 heavy (non-hydrogen) atoms. The van der Waals surface area contributed by atoms with Crippen molar-refractivity contribution in [2.45, 2.75) is 45.2 Å². The highest BCUT2D eigenvalue weighted by molar-refractivity contribution is 6.06. The van der Waals surface area contributed by atoms with Crippen LogP contribution in [0.25, 0.3) is 0 Å². The van der Waals surface area contributed by atoms with Crippen molar-refractivity contribution < 1.29 is 23.5 Å². The SMILES string of the molecule is COc1ccc(C(C)NC(=O)CCCN2C(=O)NC(C)(C)C2=O)cc1F. The van der Waals surface area contributed by atoms with Gasteiger partial charge < -0.3 is 15.4 Å². The molecule has 1 aromatic rings. The Bertz CT molecular complexity index is 720. The summed E-state index contributed by atoms with van der Waals surface area (Å²) in [6, 6.07) is 3.69. The first kappa shape index (κ1) is 19.7. The van der Waals surface area contributed by atoms with Crippen molar-refractivity contribution in [2.24, 2.45) is 0 Å². The Morgan fingerprint density at radius 3 is 2.62 bits per heavy atom. The second-order valence-corrected chi connectivity index (χ2v) is 6.80. The smallest absolute Gasteiger partial charge is 0.325 e. The van der Waals surface area contributed by atoms with E-state index in [4.69, 9.17) is 4.74 Å². The van der Waals surface area contributed by atoms with Crippen molar-refractivity contribution in [3.05, 3.63) is 29.6 Å². The topological polar surface area (TPSA) is 87.7 Å². The molecule has 1 aliphatic rings. The molecule has 0 saturated carbocycles. The minimum atomic E-state index is -0.910. The Labute approximate surface area is 151 Å². The number of imide groups is 1. The first-order valence-electron chi connectivity index (χ1n) is 8.42. The second kappa shape index (κ2) is 7.72. The first-order chi connectivity index (χ1) is 12.2. The number of carbonyl (C=O) groups is 3. The Kier molecular flexibility index (Phi) is 5.84. The number of carbonyl (C=O) groups excluding carboxylic acids is 3. The van der Waals surface area contributed by atoms with E-state index < -0.39 is 17.4 Å². The van der Waals surface area contributed by atoms with Crippen molar-refractivity contribution in [3.8, 4) is 5.75 Å². The summed E-state index contributed by atoms with van der Waals surface area (Å²) in [4.78, 5) is 37.0. The van der Waals surface area contributed by atoms with Gasteiger partial charge in [-0.1, -0.05) is 6.07 Å². The monoisotopic (exact) mass is 365 g/mol. The number of amides is 4. The summed E-state index contributed by atoms with van der Waals surface area (Å²) < 4.78 is 18.6. The molecule has 1 unspecified atom stereocenters. The fraction of sp³-hybridized carbons (Fsp3) is 0.500. The maximum absolute atomic E-state index is 13.7. The average molecular weight is 365 g/mol. The van der Waals surface area contributed by atoms with Crippen LogP contribution in [-0.4, -0.2) is 41.9 Å². The van der Waals surface area contributed by atoms with E-state index in [1.54, 1.807) is 26.8 Å². The lowest BCUT2D eigenvalue weighted by Crippen LogP contribution is -2.40. The molecule has 0 radical (unpaired) electrons. The zero-order chi connectivity index (χ0) is 19.5. The molecule has 0 aliphatic carbocycles. The largest absolute Gasteiger partial charge is 0.494 e. The predicted octanol–water partition coefficient (Wildman–Crippen LogP) is 2.12. The van der Waals surface area contributed by atoms with E-state index in [-0.39, 0.29) is 36.6 Å². The molecule has 4 amide bonds. The van der Waals surface area contributed by atoms with Gasteiger partial charge in [0.2, 0.25) is 5.91 Å². The minimum Gasteiger partial charge on any atom is -0.494 e. The summed E-state index contributed by atoms with van der Waals surface area (Å²) in [5.74, 6) is -0.888. The molecule has 1 atom stereocenters. The van der Waals surface area contributed by atoms with E-state index in [9.17, 15) is 18.8 Å². The molecule has 1 saturated heterocycles. The first-order valence-corrected chi connectivity index (χ1v) is 8.42. The highest BCUT2D eigenvalue weighted by Gasteiger charge is 2.43. The van der Waals surface area contributed by atoms with Gasteiger partial charge in [0.15, 0.2) is 11.6 Å². The number of urea groups is 1. The highest BCUT2D eigenvalue weighted by Crippen LogP contribution is 2.22. The zero-order valence-corrected chi connectivity index (χ0v) is 15.4. The second-order valence-electron chi connectivity index (χ2n) is 6.80. The van der Waals surface area contributed by atoms with Crippen molar-refractivity contribution in [3.63, 3.8) is 0 Å². The van der Waals surface area contributed by atoms with Gasteiger partial charge >= 0.3 is 6.03 Å². The summed E-state index contributed by atoms with van der Waals surface area (Å²) in [5, 5.41) is 5.37. The predicted molar refractivity (Wildman–Crippen MR) is 93.1 cm³/mol. The van der Waals surface area contributed by atoms with Crippen LogP contribution >= 0.6 is 0 Å². The zero-order valence-electron chi connectivity index (χ0n) is 15.4. The third kappa shape index (κ3) is 4.30. The molecule has 2 N–H and O–H groups in total. The molecule has 142 valence electrons. The van der Waals surface area contributed by atoms with Gasteiger partial charge in [-0.3, -0.25) is 14.5 Å². The molecule has 0 aromatic heterocycles. The molecular formula is C18H24FN3O4. The third-order valence-electron chi connectivity index (χ3n) is 4.28. The van der Waals surface area contributed by atoms with Crippen LogP contribution in [0.2, 0.25) is 0 Å². The maximum Gasteiger partial charge on any atom is 0.325 e. The third-order valence-corrected chi connectivity index (χ3v) is 4.28. The number of methoxy groups -OCH3 is 1. The Morgan fingerprint density at radius 2 is 2.08 bits per heavy atom.